The van der Waals surface area contributed by atoms with Crippen molar-refractivity contribution in [2.45, 2.75) is 24.9 Å². The highest BCUT2D eigenvalue weighted by atomic mass is 32.1. The molecule has 1 unspecified atom stereocenters. The maximum Gasteiger partial charge on any atom is 0.235 e. The first-order valence-electron chi connectivity index (χ1n) is 7.86. The summed E-state index contributed by atoms with van der Waals surface area (Å²) in [7, 11) is 0. The van der Waals surface area contributed by atoms with Crippen LogP contribution in [-0.2, 0) is 4.79 Å². The summed E-state index contributed by atoms with van der Waals surface area (Å²) in [6.07, 6.45) is 3.75. The van der Waals surface area contributed by atoms with Crippen molar-refractivity contribution in [1.82, 2.24) is 15.2 Å². The topological polar surface area (TPSA) is 65.5 Å². The fourth-order valence-electron chi connectivity index (χ4n) is 3.01. The van der Waals surface area contributed by atoms with E-state index in [1.807, 2.05) is 35.7 Å². The Balaban J connectivity index is 1.70. The van der Waals surface area contributed by atoms with Crippen LogP contribution in [0.2, 0.25) is 0 Å². The number of carbonyl (C=O) groups excluding carboxylic acids is 1. The molecule has 6 heteroatoms. The number of rotatable bonds is 6. The predicted molar refractivity (Wildman–Crippen MR) is 90.2 cm³/mol. The number of likely N-dealkylation sites (tertiary alicyclic amines) is 1. The summed E-state index contributed by atoms with van der Waals surface area (Å²) >= 11 is 1.54. The third kappa shape index (κ3) is 3.96. The van der Waals surface area contributed by atoms with Crippen molar-refractivity contribution in [1.29, 1.82) is 0 Å². The molecule has 5 nitrogen and oxygen atoms in total. The summed E-state index contributed by atoms with van der Waals surface area (Å²) in [6.45, 7) is 1.30. The Labute approximate surface area is 140 Å². The van der Waals surface area contributed by atoms with E-state index >= 15 is 0 Å². The summed E-state index contributed by atoms with van der Waals surface area (Å²) in [6, 6.07) is 9.77. The lowest BCUT2D eigenvalue weighted by Gasteiger charge is -2.24. The fourth-order valence-corrected chi connectivity index (χ4v) is 3.73. The van der Waals surface area contributed by atoms with E-state index < -0.39 is 0 Å². The normalized spacial score (nSPS) is 19.6. The number of hydrogen-bond donors (Lipinski definition) is 2. The van der Waals surface area contributed by atoms with E-state index in [4.69, 9.17) is 0 Å². The molecule has 0 saturated carbocycles. The van der Waals surface area contributed by atoms with Crippen molar-refractivity contribution in [2.24, 2.45) is 0 Å². The highest BCUT2D eigenvalue weighted by Crippen LogP contribution is 2.24. The van der Waals surface area contributed by atoms with Crippen LogP contribution in [0.4, 0.5) is 0 Å². The van der Waals surface area contributed by atoms with E-state index in [1.54, 1.807) is 6.20 Å². The molecule has 0 radical (unpaired) electrons. The third-order valence-corrected chi connectivity index (χ3v) is 5.03. The molecule has 1 aliphatic heterocycles. The average molecular weight is 331 g/mol. The second kappa shape index (κ2) is 7.68. The molecule has 23 heavy (non-hydrogen) atoms. The van der Waals surface area contributed by atoms with Gasteiger partial charge in [0.1, 0.15) is 11.0 Å². The van der Waals surface area contributed by atoms with E-state index in [9.17, 15) is 9.90 Å². The summed E-state index contributed by atoms with van der Waals surface area (Å²) in [5.74, 6) is -0.0330. The summed E-state index contributed by atoms with van der Waals surface area (Å²) in [4.78, 5) is 18.9. The molecule has 2 heterocycles. The molecule has 0 spiro atoms. The first-order chi connectivity index (χ1) is 11.3. The van der Waals surface area contributed by atoms with Crippen LogP contribution in [-0.4, -0.2) is 46.6 Å². The molecule has 1 saturated heterocycles. The van der Waals surface area contributed by atoms with Gasteiger partial charge in [0.05, 0.1) is 13.2 Å². The quantitative estimate of drug-likeness (QED) is 0.847. The first-order valence-corrected chi connectivity index (χ1v) is 8.74. The molecule has 0 bridgehead atoms. The van der Waals surface area contributed by atoms with Crippen molar-refractivity contribution >= 4 is 17.2 Å². The van der Waals surface area contributed by atoms with Gasteiger partial charge in [-0.2, -0.15) is 0 Å². The number of amides is 1. The minimum atomic E-state index is -0.223. The Morgan fingerprint density at radius 2 is 2.26 bits per heavy atom. The lowest BCUT2D eigenvalue weighted by Crippen LogP contribution is -2.42. The van der Waals surface area contributed by atoms with Gasteiger partial charge in [0.25, 0.3) is 0 Å². The van der Waals surface area contributed by atoms with Gasteiger partial charge in [-0.15, -0.1) is 11.3 Å². The van der Waals surface area contributed by atoms with E-state index in [1.165, 1.54) is 11.3 Å². The number of aliphatic hydroxyl groups excluding tert-OH is 1. The number of aliphatic hydroxyl groups is 1. The monoisotopic (exact) mass is 331 g/mol. The van der Waals surface area contributed by atoms with Gasteiger partial charge in [-0.25, -0.2) is 4.98 Å². The standard InChI is InChI=1S/C17H21N3O2S/c21-12-14-7-4-9-20(14)11-15(22)19-16(17-18-8-10-23-17)13-5-2-1-3-6-13/h1-3,5-6,8,10,14,16,21H,4,7,9,11-12H2,(H,19,22)/t14-,16?/m1/s1. The van der Waals surface area contributed by atoms with Crippen LogP contribution in [0.15, 0.2) is 41.9 Å². The Hall–Kier alpha value is -1.76. The number of nitrogens with one attached hydrogen (secondary N) is 1. The largest absolute Gasteiger partial charge is 0.395 e. The van der Waals surface area contributed by atoms with Crippen molar-refractivity contribution < 1.29 is 9.90 Å². The lowest BCUT2D eigenvalue weighted by molar-refractivity contribution is -0.123. The van der Waals surface area contributed by atoms with Crippen LogP contribution >= 0.6 is 11.3 Å². The van der Waals surface area contributed by atoms with Crippen molar-refractivity contribution in [3.05, 3.63) is 52.5 Å². The Morgan fingerprint density at radius 3 is 2.96 bits per heavy atom. The van der Waals surface area contributed by atoms with Crippen molar-refractivity contribution in [3.63, 3.8) is 0 Å². The zero-order chi connectivity index (χ0) is 16.1. The van der Waals surface area contributed by atoms with E-state index in [0.717, 1.165) is 30.0 Å². The molecule has 2 atom stereocenters. The van der Waals surface area contributed by atoms with Gasteiger partial charge in [-0.1, -0.05) is 30.3 Å². The number of aromatic nitrogens is 1. The van der Waals surface area contributed by atoms with Gasteiger partial charge in [0.15, 0.2) is 0 Å². The van der Waals surface area contributed by atoms with Crippen molar-refractivity contribution in [2.75, 3.05) is 19.7 Å². The van der Waals surface area contributed by atoms with E-state index in [2.05, 4.69) is 15.2 Å². The zero-order valence-corrected chi connectivity index (χ0v) is 13.7. The average Bonchev–Trinajstić information content (AvgIpc) is 3.25. The van der Waals surface area contributed by atoms with Crippen LogP contribution in [0, 0.1) is 0 Å². The van der Waals surface area contributed by atoms with Crippen LogP contribution in [0.25, 0.3) is 0 Å². The fraction of sp³-hybridized carbons (Fsp3) is 0.412. The van der Waals surface area contributed by atoms with Gasteiger partial charge < -0.3 is 10.4 Å². The smallest absolute Gasteiger partial charge is 0.235 e. The molecule has 1 aromatic carbocycles. The first kappa shape index (κ1) is 16.1. The molecule has 2 aromatic rings. The number of thiazole rings is 1. The summed E-state index contributed by atoms with van der Waals surface area (Å²) < 4.78 is 0. The molecule has 1 aliphatic rings. The van der Waals surface area contributed by atoms with Gasteiger partial charge in [0, 0.05) is 17.6 Å². The SMILES string of the molecule is O=C(CN1CCC[C@@H]1CO)NC(c1ccccc1)c1nccs1. The molecule has 3 rings (SSSR count). The van der Waals surface area contributed by atoms with E-state index in [0.29, 0.717) is 6.54 Å². The molecule has 122 valence electrons. The van der Waals surface area contributed by atoms with Gasteiger partial charge in [0.2, 0.25) is 5.91 Å². The number of carbonyl (C=O) groups is 1. The zero-order valence-electron chi connectivity index (χ0n) is 12.9. The van der Waals surface area contributed by atoms with Crippen LogP contribution in [0.1, 0.15) is 29.5 Å². The van der Waals surface area contributed by atoms with Crippen LogP contribution in [0.5, 0.6) is 0 Å². The number of benzene rings is 1. The molecular formula is C17H21N3O2S. The Morgan fingerprint density at radius 1 is 1.43 bits per heavy atom. The summed E-state index contributed by atoms with van der Waals surface area (Å²) in [5, 5.41) is 15.3. The minimum absolute atomic E-state index is 0.0330. The van der Waals surface area contributed by atoms with Crippen LogP contribution in [0.3, 0.4) is 0 Å². The Bertz CT molecular complexity index is 618. The minimum Gasteiger partial charge on any atom is -0.395 e. The second-order valence-corrected chi connectivity index (χ2v) is 6.66. The number of nitrogens with zero attached hydrogens (tertiary/aromatic N) is 2. The predicted octanol–water partition coefficient (Wildman–Crippen LogP) is 1.81. The van der Waals surface area contributed by atoms with Crippen molar-refractivity contribution in [3.8, 4) is 0 Å². The molecular weight excluding hydrogens is 310 g/mol. The van der Waals surface area contributed by atoms with Gasteiger partial charge in [-0.05, 0) is 24.9 Å². The lowest BCUT2D eigenvalue weighted by atomic mass is 10.1. The van der Waals surface area contributed by atoms with Gasteiger partial charge >= 0.3 is 0 Å². The van der Waals surface area contributed by atoms with E-state index in [-0.39, 0.29) is 24.6 Å². The summed E-state index contributed by atoms with van der Waals surface area (Å²) in [5.41, 5.74) is 1.02. The van der Waals surface area contributed by atoms with Crippen LogP contribution < -0.4 is 5.32 Å². The molecule has 1 aromatic heterocycles. The number of hydrogen-bond acceptors (Lipinski definition) is 5. The highest BCUT2D eigenvalue weighted by Gasteiger charge is 2.27. The molecule has 0 aliphatic carbocycles. The highest BCUT2D eigenvalue weighted by molar-refractivity contribution is 7.09. The maximum atomic E-state index is 12.5. The molecule has 1 amide bonds. The molecule has 1 fully saturated rings. The maximum absolute atomic E-state index is 12.5. The Kier molecular flexibility index (Phi) is 5.38. The van der Waals surface area contributed by atoms with Gasteiger partial charge in [-0.3, -0.25) is 9.69 Å². The third-order valence-electron chi connectivity index (χ3n) is 4.19. The second-order valence-electron chi connectivity index (χ2n) is 5.73. The molecule has 2 N–H and O–H groups in total.